The first kappa shape index (κ1) is 19.3. The summed E-state index contributed by atoms with van der Waals surface area (Å²) in [6.45, 7) is 3.80. The van der Waals surface area contributed by atoms with Gasteiger partial charge in [0.1, 0.15) is 5.02 Å². The van der Waals surface area contributed by atoms with Crippen LogP contribution in [-0.4, -0.2) is 26.7 Å². The first-order valence-electron chi connectivity index (χ1n) is 7.69. The van der Waals surface area contributed by atoms with Gasteiger partial charge in [-0.1, -0.05) is 41.9 Å². The number of rotatable bonds is 6. The van der Waals surface area contributed by atoms with Crippen LogP contribution in [0.15, 0.2) is 42.5 Å². The predicted octanol–water partition coefficient (Wildman–Crippen LogP) is 4.21. The van der Waals surface area contributed by atoms with Crippen LogP contribution in [0.2, 0.25) is 5.02 Å². The molecule has 0 radical (unpaired) electrons. The van der Waals surface area contributed by atoms with Gasteiger partial charge in [0.05, 0.1) is 21.5 Å². The molecule has 0 aliphatic carbocycles. The number of nitro benzene ring substituents is 2. The van der Waals surface area contributed by atoms with Gasteiger partial charge in [0.15, 0.2) is 0 Å². The molecule has 1 amide bonds. The highest BCUT2D eigenvalue weighted by Gasteiger charge is 2.29. The van der Waals surface area contributed by atoms with E-state index in [9.17, 15) is 25.0 Å². The first-order valence-corrected chi connectivity index (χ1v) is 8.07. The van der Waals surface area contributed by atoms with Gasteiger partial charge in [-0.3, -0.25) is 25.0 Å². The average molecular weight is 378 g/mol. The molecule has 8 nitrogen and oxygen atoms in total. The van der Waals surface area contributed by atoms with Gasteiger partial charge in [-0.25, -0.2) is 0 Å². The Morgan fingerprint density at radius 1 is 1.12 bits per heavy atom. The zero-order valence-electron chi connectivity index (χ0n) is 14.1. The fraction of sp³-hybridized carbons (Fsp3) is 0.235. The molecule has 2 aromatic rings. The number of nitro groups is 2. The summed E-state index contributed by atoms with van der Waals surface area (Å²) >= 11 is 6.02. The van der Waals surface area contributed by atoms with Gasteiger partial charge < -0.3 is 4.90 Å². The maximum atomic E-state index is 13.0. The molecule has 0 N–H and O–H groups in total. The minimum absolute atomic E-state index is 0.240. The Hall–Kier alpha value is -3.00. The van der Waals surface area contributed by atoms with Gasteiger partial charge in [0, 0.05) is 18.7 Å². The number of hydrogen-bond acceptors (Lipinski definition) is 5. The molecule has 26 heavy (non-hydrogen) atoms. The summed E-state index contributed by atoms with van der Waals surface area (Å²) in [4.78, 5) is 35.0. The zero-order chi connectivity index (χ0) is 19.4. The standard InChI is InChI=1S/C17H16ClN3O5/c1-11(2)19(10-12-6-4-3-5-7-12)17(22)14-8-13(20(23)24)9-15(16(14)18)21(25)26/h3-9,11H,10H2,1-2H3. The third-order valence-corrected chi connectivity index (χ3v) is 4.15. The van der Waals surface area contributed by atoms with E-state index in [0.717, 1.165) is 17.7 Å². The van der Waals surface area contributed by atoms with E-state index >= 15 is 0 Å². The van der Waals surface area contributed by atoms with Crippen molar-refractivity contribution in [1.82, 2.24) is 4.90 Å². The molecule has 0 aliphatic heterocycles. The van der Waals surface area contributed by atoms with Crippen molar-refractivity contribution in [2.75, 3.05) is 0 Å². The Balaban J connectivity index is 2.51. The van der Waals surface area contributed by atoms with Crippen LogP contribution in [0.5, 0.6) is 0 Å². The lowest BCUT2D eigenvalue weighted by atomic mass is 10.1. The van der Waals surface area contributed by atoms with Crippen LogP contribution in [0.1, 0.15) is 29.8 Å². The number of halogens is 1. The third-order valence-electron chi connectivity index (χ3n) is 3.76. The quantitative estimate of drug-likeness (QED) is 0.553. The number of benzene rings is 2. The van der Waals surface area contributed by atoms with Crippen LogP contribution in [0, 0.1) is 20.2 Å². The first-order chi connectivity index (χ1) is 12.2. The predicted molar refractivity (Wildman–Crippen MR) is 96.2 cm³/mol. The van der Waals surface area contributed by atoms with Crippen LogP contribution in [-0.2, 0) is 6.54 Å². The van der Waals surface area contributed by atoms with Crippen molar-refractivity contribution < 1.29 is 14.6 Å². The van der Waals surface area contributed by atoms with Gasteiger partial charge in [-0.15, -0.1) is 0 Å². The maximum absolute atomic E-state index is 13.0. The van der Waals surface area contributed by atoms with Crippen molar-refractivity contribution >= 4 is 28.9 Å². The van der Waals surface area contributed by atoms with Crippen LogP contribution in [0.25, 0.3) is 0 Å². The van der Waals surface area contributed by atoms with E-state index in [4.69, 9.17) is 11.6 Å². The van der Waals surface area contributed by atoms with Crippen LogP contribution < -0.4 is 0 Å². The molecule has 2 aromatic carbocycles. The molecule has 136 valence electrons. The minimum atomic E-state index is -0.844. The second-order valence-electron chi connectivity index (χ2n) is 5.85. The van der Waals surface area contributed by atoms with Gasteiger partial charge in [-0.2, -0.15) is 0 Å². The SMILES string of the molecule is CC(C)N(Cc1ccccc1)C(=O)c1cc([N+](=O)[O-])cc([N+](=O)[O-])c1Cl. The number of amides is 1. The highest BCUT2D eigenvalue weighted by atomic mass is 35.5. The number of carbonyl (C=O) groups excluding carboxylic acids is 1. The Bertz CT molecular complexity index is 855. The summed E-state index contributed by atoms with van der Waals surface area (Å²) in [6.07, 6.45) is 0. The summed E-state index contributed by atoms with van der Waals surface area (Å²) in [5.41, 5.74) is -0.650. The summed E-state index contributed by atoms with van der Waals surface area (Å²) in [5.74, 6) is -0.611. The molecule has 0 heterocycles. The van der Waals surface area contributed by atoms with E-state index in [1.165, 1.54) is 4.90 Å². The molecule has 0 aromatic heterocycles. The molecule has 9 heteroatoms. The van der Waals surface area contributed by atoms with Crippen molar-refractivity contribution in [2.24, 2.45) is 0 Å². The Morgan fingerprint density at radius 3 is 2.23 bits per heavy atom. The van der Waals surface area contributed by atoms with E-state index in [0.29, 0.717) is 0 Å². The van der Waals surface area contributed by atoms with Gasteiger partial charge in [-0.05, 0) is 19.4 Å². The number of nitrogens with zero attached hydrogens (tertiary/aromatic N) is 3. The number of non-ortho nitro benzene ring substituents is 1. The monoisotopic (exact) mass is 377 g/mol. The molecule has 0 bridgehead atoms. The molecular formula is C17H16ClN3O5. The molecule has 0 fully saturated rings. The van der Waals surface area contributed by atoms with E-state index in [1.807, 2.05) is 30.3 Å². The molecule has 0 unspecified atom stereocenters. The smallest absolute Gasteiger partial charge is 0.295 e. The van der Waals surface area contributed by atoms with Gasteiger partial charge in [0.2, 0.25) is 0 Å². The summed E-state index contributed by atoms with van der Waals surface area (Å²) in [7, 11) is 0. The summed E-state index contributed by atoms with van der Waals surface area (Å²) in [5, 5.41) is 21.8. The molecule has 0 saturated heterocycles. The Labute approximate surface area is 154 Å². The van der Waals surface area contributed by atoms with E-state index in [-0.39, 0.29) is 18.2 Å². The van der Waals surface area contributed by atoms with Gasteiger partial charge >= 0.3 is 0 Å². The lowest BCUT2D eigenvalue weighted by Gasteiger charge is -2.27. The normalized spacial score (nSPS) is 10.6. The minimum Gasteiger partial charge on any atom is -0.332 e. The molecule has 0 saturated carbocycles. The van der Waals surface area contributed by atoms with Crippen molar-refractivity contribution in [3.05, 3.63) is 78.8 Å². The lowest BCUT2D eigenvalue weighted by molar-refractivity contribution is -0.394. The van der Waals surface area contributed by atoms with Crippen LogP contribution in [0.3, 0.4) is 0 Å². The summed E-state index contributed by atoms with van der Waals surface area (Å²) < 4.78 is 0. The van der Waals surface area contributed by atoms with Crippen molar-refractivity contribution in [2.45, 2.75) is 26.4 Å². The molecule has 2 rings (SSSR count). The second kappa shape index (κ2) is 7.92. The van der Waals surface area contributed by atoms with E-state index in [2.05, 4.69) is 0 Å². The van der Waals surface area contributed by atoms with E-state index < -0.39 is 32.2 Å². The van der Waals surface area contributed by atoms with Crippen LogP contribution in [0.4, 0.5) is 11.4 Å². The maximum Gasteiger partial charge on any atom is 0.295 e. The highest BCUT2D eigenvalue weighted by Crippen LogP contribution is 2.34. The highest BCUT2D eigenvalue weighted by molar-refractivity contribution is 6.36. The molecule has 0 aliphatic rings. The second-order valence-corrected chi connectivity index (χ2v) is 6.23. The number of hydrogen-bond donors (Lipinski definition) is 0. The fourth-order valence-electron chi connectivity index (χ4n) is 2.41. The van der Waals surface area contributed by atoms with Crippen LogP contribution >= 0.6 is 11.6 Å². The Morgan fingerprint density at radius 2 is 1.73 bits per heavy atom. The fourth-order valence-corrected chi connectivity index (χ4v) is 2.67. The summed E-state index contributed by atoms with van der Waals surface area (Å²) in [6, 6.07) is 10.6. The van der Waals surface area contributed by atoms with Gasteiger partial charge in [0.25, 0.3) is 17.3 Å². The Kier molecular flexibility index (Phi) is 5.89. The number of carbonyl (C=O) groups is 1. The van der Waals surface area contributed by atoms with Crippen molar-refractivity contribution in [3.63, 3.8) is 0 Å². The van der Waals surface area contributed by atoms with E-state index in [1.54, 1.807) is 13.8 Å². The average Bonchev–Trinajstić information content (AvgIpc) is 2.59. The third kappa shape index (κ3) is 4.15. The molecular weight excluding hydrogens is 362 g/mol. The van der Waals surface area contributed by atoms with Crippen molar-refractivity contribution in [1.29, 1.82) is 0 Å². The zero-order valence-corrected chi connectivity index (χ0v) is 14.8. The largest absolute Gasteiger partial charge is 0.332 e. The molecule has 0 atom stereocenters. The lowest BCUT2D eigenvalue weighted by Crippen LogP contribution is -2.36. The van der Waals surface area contributed by atoms with Crippen molar-refractivity contribution in [3.8, 4) is 0 Å². The molecule has 0 spiro atoms. The topological polar surface area (TPSA) is 107 Å².